The Hall–Kier alpha value is -2.02. The highest BCUT2D eigenvalue weighted by atomic mass is 79.9. The van der Waals surface area contributed by atoms with E-state index in [1.165, 1.54) is 24.1 Å². The van der Waals surface area contributed by atoms with Gasteiger partial charge >= 0.3 is 6.18 Å². The van der Waals surface area contributed by atoms with Gasteiger partial charge in [-0.1, -0.05) is 22.0 Å². The molecule has 0 aliphatic heterocycles. The summed E-state index contributed by atoms with van der Waals surface area (Å²) in [6.07, 6.45) is -4.47. The van der Waals surface area contributed by atoms with Gasteiger partial charge in [0.05, 0.1) is 12.1 Å². The lowest BCUT2D eigenvalue weighted by molar-refractivity contribution is -0.137. The molecule has 0 atom stereocenters. The zero-order valence-electron chi connectivity index (χ0n) is 12.8. The Labute approximate surface area is 146 Å². The first-order chi connectivity index (χ1) is 11.3. The maximum atomic E-state index is 12.7. The summed E-state index contributed by atoms with van der Waals surface area (Å²) in [6, 6.07) is 11.6. The van der Waals surface area contributed by atoms with Crippen molar-refractivity contribution in [3.05, 3.63) is 64.1 Å². The number of hydrogen-bond acceptors (Lipinski definition) is 2. The molecular weight excluding hydrogens is 387 g/mol. The van der Waals surface area contributed by atoms with Gasteiger partial charge < -0.3 is 9.64 Å². The molecule has 0 aliphatic carbocycles. The zero-order valence-corrected chi connectivity index (χ0v) is 14.4. The third-order valence-corrected chi connectivity index (χ3v) is 3.82. The number of alkyl halides is 3. The molecule has 128 valence electrons. The number of amides is 1. The minimum Gasteiger partial charge on any atom is -0.492 e. The second-order valence-electron chi connectivity index (χ2n) is 5.11. The van der Waals surface area contributed by atoms with Crippen LogP contribution in [0.4, 0.5) is 13.2 Å². The SMILES string of the molecule is CN(CCOc1ccc(Br)cc1)C(=O)c1cccc(C(F)(F)F)c1. The van der Waals surface area contributed by atoms with Crippen molar-refractivity contribution in [2.45, 2.75) is 6.18 Å². The summed E-state index contributed by atoms with van der Waals surface area (Å²) in [6.45, 7) is 0.494. The van der Waals surface area contributed by atoms with Crippen molar-refractivity contribution < 1.29 is 22.7 Å². The Morgan fingerprint density at radius 1 is 1.17 bits per heavy atom. The molecule has 3 nitrogen and oxygen atoms in total. The zero-order chi connectivity index (χ0) is 17.7. The molecule has 24 heavy (non-hydrogen) atoms. The van der Waals surface area contributed by atoms with Crippen LogP contribution in [0.2, 0.25) is 0 Å². The minimum absolute atomic E-state index is 0.00373. The lowest BCUT2D eigenvalue weighted by Gasteiger charge is -2.18. The molecular formula is C17H15BrF3NO2. The number of likely N-dealkylation sites (N-methyl/N-ethyl adjacent to an activating group) is 1. The van der Waals surface area contributed by atoms with Gasteiger partial charge in [0.1, 0.15) is 12.4 Å². The van der Waals surface area contributed by atoms with Gasteiger partial charge in [0.25, 0.3) is 5.91 Å². The van der Waals surface area contributed by atoms with Crippen LogP contribution in [0.25, 0.3) is 0 Å². The molecule has 0 aromatic heterocycles. The molecule has 0 bridgehead atoms. The third-order valence-electron chi connectivity index (χ3n) is 3.29. The van der Waals surface area contributed by atoms with Crippen molar-refractivity contribution in [2.24, 2.45) is 0 Å². The summed E-state index contributed by atoms with van der Waals surface area (Å²) in [5, 5.41) is 0. The molecule has 0 unspecified atom stereocenters. The Balaban J connectivity index is 1.93. The highest BCUT2D eigenvalue weighted by molar-refractivity contribution is 9.10. The lowest BCUT2D eigenvalue weighted by atomic mass is 10.1. The van der Waals surface area contributed by atoms with E-state index in [1.807, 2.05) is 12.1 Å². The van der Waals surface area contributed by atoms with Gasteiger partial charge in [0.2, 0.25) is 0 Å². The Kier molecular flexibility index (Phi) is 5.88. The van der Waals surface area contributed by atoms with Crippen molar-refractivity contribution in [3.8, 4) is 5.75 Å². The Bertz CT molecular complexity index is 702. The first-order valence-electron chi connectivity index (χ1n) is 7.08. The fourth-order valence-corrected chi connectivity index (χ4v) is 2.25. The number of benzene rings is 2. The van der Waals surface area contributed by atoms with Gasteiger partial charge in [-0.25, -0.2) is 0 Å². The Morgan fingerprint density at radius 2 is 1.83 bits per heavy atom. The molecule has 2 rings (SSSR count). The van der Waals surface area contributed by atoms with E-state index in [0.29, 0.717) is 5.75 Å². The largest absolute Gasteiger partial charge is 0.492 e. The van der Waals surface area contributed by atoms with Crippen LogP contribution < -0.4 is 4.74 Å². The van der Waals surface area contributed by atoms with Crippen LogP contribution in [-0.4, -0.2) is 31.0 Å². The van der Waals surface area contributed by atoms with E-state index >= 15 is 0 Å². The van der Waals surface area contributed by atoms with Crippen LogP contribution in [0.5, 0.6) is 5.75 Å². The average Bonchev–Trinajstić information content (AvgIpc) is 2.55. The van der Waals surface area contributed by atoms with E-state index in [4.69, 9.17) is 4.74 Å². The second kappa shape index (κ2) is 7.70. The molecule has 1 amide bonds. The monoisotopic (exact) mass is 401 g/mol. The summed E-state index contributed by atoms with van der Waals surface area (Å²) < 4.78 is 44.5. The maximum absolute atomic E-state index is 12.7. The molecule has 0 saturated carbocycles. The van der Waals surface area contributed by atoms with Crippen LogP contribution in [0, 0.1) is 0 Å². The summed E-state index contributed by atoms with van der Waals surface area (Å²) in [7, 11) is 1.52. The van der Waals surface area contributed by atoms with E-state index in [9.17, 15) is 18.0 Å². The van der Waals surface area contributed by atoms with Crippen LogP contribution in [0.3, 0.4) is 0 Å². The molecule has 2 aromatic rings. The lowest BCUT2D eigenvalue weighted by Crippen LogP contribution is -2.31. The highest BCUT2D eigenvalue weighted by Gasteiger charge is 2.31. The van der Waals surface area contributed by atoms with Crippen LogP contribution in [-0.2, 0) is 6.18 Å². The standard InChI is InChI=1S/C17H15BrF3NO2/c1-22(9-10-24-15-7-5-14(18)6-8-15)16(23)12-3-2-4-13(11-12)17(19,20)21/h2-8,11H,9-10H2,1H3. The first-order valence-corrected chi connectivity index (χ1v) is 7.88. The number of carbonyl (C=O) groups excluding carboxylic acids is 1. The van der Waals surface area contributed by atoms with E-state index in [0.717, 1.165) is 16.6 Å². The Morgan fingerprint density at radius 3 is 2.46 bits per heavy atom. The molecule has 0 radical (unpaired) electrons. The summed E-state index contributed by atoms with van der Waals surface area (Å²) in [5.74, 6) is 0.165. The number of nitrogens with zero attached hydrogens (tertiary/aromatic N) is 1. The summed E-state index contributed by atoms with van der Waals surface area (Å²) in [5.41, 5.74) is -0.844. The maximum Gasteiger partial charge on any atom is 0.416 e. The summed E-state index contributed by atoms with van der Waals surface area (Å²) >= 11 is 3.31. The van der Waals surface area contributed by atoms with Gasteiger partial charge in [-0.15, -0.1) is 0 Å². The second-order valence-corrected chi connectivity index (χ2v) is 6.02. The average molecular weight is 402 g/mol. The van der Waals surface area contributed by atoms with Crippen molar-refractivity contribution in [2.75, 3.05) is 20.2 Å². The van der Waals surface area contributed by atoms with Crippen molar-refractivity contribution in [1.29, 1.82) is 0 Å². The van der Waals surface area contributed by atoms with Gasteiger partial charge in [-0.2, -0.15) is 13.2 Å². The van der Waals surface area contributed by atoms with Crippen molar-refractivity contribution >= 4 is 21.8 Å². The van der Waals surface area contributed by atoms with E-state index in [2.05, 4.69) is 15.9 Å². The topological polar surface area (TPSA) is 29.5 Å². The third kappa shape index (κ3) is 4.99. The highest BCUT2D eigenvalue weighted by Crippen LogP contribution is 2.29. The van der Waals surface area contributed by atoms with Gasteiger partial charge in [0.15, 0.2) is 0 Å². The van der Waals surface area contributed by atoms with Crippen molar-refractivity contribution in [3.63, 3.8) is 0 Å². The van der Waals surface area contributed by atoms with E-state index in [1.54, 1.807) is 12.1 Å². The number of ether oxygens (including phenoxy) is 1. The quantitative estimate of drug-likeness (QED) is 0.731. The number of hydrogen-bond donors (Lipinski definition) is 0. The first kappa shape index (κ1) is 18.3. The van der Waals surface area contributed by atoms with Crippen LogP contribution >= 0.6 is 15.9 Å². The van der Waals surface area contributed by atoms with Crippen LogP contribution in [0.15, 0.2) is 53.0 Å². The van der Waals surface area contributed by atoms with Gasteiger partial charge in [-0.05, 0) is 42.5 Å². The number of rotatable bonds is 5. The number of carbonyl (C=O) groups is 1. The molecule has 0 heterocycles. The fraction of sp³-hybridized carbons (Fsp3) is 0.235. The summed E-state index contributed by atoms with van der Waals surface area (Å²) in [4.78, 5) is 13.5. The molecule has 0 spiro atoms. The van der Waals surface area contributed by atoms with Gasteiger partial charge in [-0.3, -0.25) is 4.79 Å². The molecule has 0 N–H and O–H groups in total. The normalized spacial score (nSPS) is 11.2. The van der Waals surface area contributed by atoms with E-state index in [-0.39, 0.29) is 18.7 Å². The molecule has 0 saturated heterocycles. The van der Waals surface area contributed by atoms with Crippen molar-refractivity contribution in [1.82, 2.24) is 4.90 Å². The smallest absolute Gasteiger partial charge is 0.416 e. The predicted octanol–water partition coefficient (Wildman–Crippen LogP) is 4.62. The molecule has 0 fully saturated rings. The van der Waals surface area contributed by atoms with Gasteiger partial charge in [0, 0.05) is 17.1 Å². The molecule has 7 heteroatoms. The molecule has 2 aromatic carbocycles. The minimum atomic E-state index is -4.47. The predicted molar refractivity (Wildman–Crippen MR) is 88.0 cm³/mol. The number of halogens is 4. The fourth-order valence-electron chi connectivity index (χ4n) is 1.98. The molecule has 0 aliphatic rings. The van der Waals surface area contributed by atoms with Crippen LogP contribution in [0.1, 0.15) is 15.9 Å². The van der Waals surface area contributed by atoms with E-state index < -0.39 is 17.6 Å².